The third-order valence-corrected chi connectivity index (χ3v) is 4.11. The zero-order chi connectivity index (χ0) is 13.7. The summed E-state index contributed by atoms with van der Waals surface area (Å²) in [4.78, 5) is 2.31. The van der Waals surface area contributed by atoms with Gasteiger partial charge in [0.1, 0.15) is 11.9 Å². The Morgan fingerprint density at radius 2 is 2.21 bits per heavy atom. The van der Waals surface area contributed by atoms with E-state index in [0.29, 0.717) is 12.1 Å². The molecule has 1 aliphatic heterocycles. The molecule has 19 heavy (non-hydrogen) atoms. The minimum absolute atomic E-state index is 0.152. The SMILES string of the molecule is CCC1CCCN(Cc2cccc(C#N)c2F)CC1. The van der Waals surface area contributed by atoms with Gasteiger partial charge in [0, 0.05) is 12.1 Å². The van der Waals surface area contributed by atoms with E-state index in [0.717, 1.165) is 19.0 Å². The summed E-state index contributed by atoms with van der Waals surface area (Å²) >= 11 is 0. The second kappa shape index (κ2) is 6.68. The van der Waals surface area contributed by atoms with Gasteiger partial charge in [-0.05, 0) is 44.3 Å². The zero-order valence-electron chi connectivity index (χ0n) is 11.5. The highest BCUT2D eigenvalue weighted by Crippen LogP contribution is 2.22. The van der Waals surface area contributed by atoms with Crippen LogP contribution in [0.2, 0.25) is 0 Å². The van der Waals surface area contributed by atoms with Crippen LogP contribution < -0.4 is 0 Å². The Morgan fingerprint density at radius 3 is 2.95 bits per heavy atom. The number of nitrogens with zero attached hydrogens (tertiary/aromatic N) is 2. The predicted molar refractivity (Wildman–Crippen MR) is 74.0 cm³/mol. The maximum absolute atomic E-state index is 14.0. The van der Waals surface area contributed by atoms with E-state index < -0.39 is 0 Å². The molecule has 1 atom stereocenters. The fraction of sp³-hybridized carbons (Fsp3) is 0.562. The van der Waals surface area contributed by atoms with E-state index in [4.69, 9.17) is 5.26 Å². The van der Waals surface area contributed by atoms with Gasteiger partial charge in [-0.2, -0.15) is 5.26 Å². The summed E-state index contributed by atoms with van der Waals surface area (Å²) in [5, 5.41) is 8.86. The van der Waals surface area contributed by atoms with Crippen LogP contribution in [0.5, 0.6) is 0 Å². The molecule has 0 aliphatic carbocycles. The van der Waals surface area contributed by atoms with Gasteiger partial charge in [-0.15, -0.1) is 0 Å². The lowest BCUT2D eigenvalue weighted by Crippen LogP contribution is -2.25. The summed E-state index contributed by atoms with van der Waals surface area (Å²) in [6.07, 6.45) is 4.92. The van der Waals surface area contributed by atoms with E-state index in [-0.39, 0.29) is 11.4 Å². The Morgan fingerprint density at radius 1 is 1.37 bits per heavy atom. The van der Waals surface area contributed by atoms with Crippen LogP contribution in [0, 0.1) is 23.1 Å². The minimum atomic E-state index is -0.346. The Balaban J connectivity index is 2.03. The molecular weight excluding hydrogens is 239 g/mol. The Labute approximate surface area is 114 Å². The second-order valence-corrected chi connectivity index (χ2v) is 5.37. The van der Waals surface area contributed by atoms with Crippen molar-refractivity contribution in [1.82, 2.24) is 4.90 Å². The lowest BCUT2D eigenvalue weighted by Gasteiger charge is -2.20. The second-order valence-electron chi connectivity index (χ2n) is 5.37. The monoisotopic (exact) mass is 260 g/mol. The molecule has 1 aliphatic rings. The number of rotatable bonds is 3. The van der Waals surface area contributed by atoms with Crippen molar-refractivity contribution in [3.63, 3.8) is 0 Å². The van der Waals surface area contributed by atoms with E-state index in [2.05, 4.69) is 11.8 Å². The van der Waals surface area contributed by atoms with Gasteiger partial charge in [-0.1, -0.05) is 25.5 Å². The van der Waals surface area contributed by atoms with Gasteiger partial charge in [0.15, 0.2) is 0 Å². The van der Waals surface area contributed by atoms with Crippen LogP contribution in [-0.2, 0) is 6.54 Å². The van der Waals surface area contributed by atoms with Crippen LogP contribution in [0.4, 0.5) is 4.39 Å². The number of hydrogen-bond acceptors (Lipinski definition) is 2. The number of halogens is 1. The molecule has 0 saturated carbocycles. The van der Waals surface area contributed by atoms with Gasteiger partial charge in [0.05, 0.1) is 5.56 Å². The van der Waals surface area contributed by atoms with Gasteiger partial charge in [0.25, 0.3) is 0 Å². The van der Waals surface area contributed by atoms with Crippen LogP contribution in [0.25, 0.3) is 0 Å². The standard InChI is InChI=1S/C16H21FN2/c1-2-13-5-4-9-19(10-8-13)12-15-7-3-6-14(11-18)16(15)17/h3,6-7,13H,2,4-5,8-10,12H2,1H3. The molecule has 1 unspecified atom stereocenters. The fourth-order valence-electron chi connectivity index (χ4n) is 2.82. The van der Waals surface area contributed by atoms with Gasteiger partial charge >= 0.3 is 0 Å². The Hall–Kier alpha value is -1.40. The third kappa shape index (κ3) is 3.54. The first-order valence-electron chi connectivity index (χ1n) is 7.14. The van der Waals surface area contributed by atoms with E-state index in [1.54, 1.807) is 12.1 Å². The Bertz CT molecular complexity index is 464. The molecule has 1 aromatic rings. The molecule has 1 saturated heterocycles. The lowest BCUT2D eigenvalue weighted by atomic mass is 9.98. The molecule has 1 fully saturated rings. The van der Waals surface area contributed by atoms with Crippen LogP contribution in [0.3, 0.4) is 0 Å². The first-order valence-corrected chi connectivity index (χ1v) is 7.14. The maximum atomic E-state index is 14.0. The summed E-state index contributed by atoms with van der Waals surface area (Å²) < 4.78 is 14.0. The van der Waals surface area contributed by atoms with E-state index in [1.165, 1.54) is 31.7 Å². The maximum Gasteiger partial charge on any atom is 0.145 e. The highest BCUT2D eigenvalue weighted by molar-refractivity contribution is 5.34. The molecule has 0 radical (unpaired) electrons. The summed E-state index contributed by atoms with van der Waals surface area (Å²) in [7, 11) is 0. The van der Waals surface area contributed by atoms with Crippen molar-refractivity contribution in [2.75, 3.05) is 13.1 Å². The first-order chi connectivity index (χ1) is 9.24. The van der Waals surface area contributed by atoms with Crippen molar-refractivity contribution >= 4 is 0 Å². The predicted octanol–water partition coefficient (Wildman–Crippen LogP) is 3.71. The largest absolute Gasteiger partial charge is 0.299 e. The topological polar surface area (TPSA) is 27.0 Å². The molecule has 0 N–H and O–H groups in total. The summed E-state index contributed by atoms with van der Waals surface area (Å²) in [6.45, 7) is 4.94. The van der Waals surface area contributed by atoms with Crippen LogP contribution in [0.1, 0.15) is 43.7 Å². The molecule has 0 bridgehead atoms. The van der Waals surface area contributed by atoms with E-state index in [1.807, 2.05) is 6.07 Å². The number of hydrogen-bond donors (Lipinski definition) is 0. The molecule has 0 aromatic heterocycles. The number of likely N-dealkylation sites (tertiary alicyclic amines) is 1. The molecule has 0 amide bonds. The van der Waals surface area contributed by atoms with Gasteiger partial charge < -0.3 is 0 Å². The molecule has 1 heterocycles. The normalized spacial score (nSPS) is 20.8. The zero-order valence-corrected chi connectivity index (χ0v) is 11.5. The molecule has 2 rings (SSSR count). The van der Waals surface area contributed by atoms with Crippen LogP contribution >= 0.6 is 0 Å². The average molecular weight is 260 g/mol. The van der Waals surface area contributed by atoms with Crippen molar-refractivity contribution in [3.05, 3.63) is 35.1 Å². The molecular formula is C16H21FN2. The lowest BCUT2D eigenvalue weighted by molar-refractivity contribution is 0.268. The first kappa shape index (κ1) is 14.0. The average Bonchev–Trinajstić information content (AvgIpc) is 2.66. The minimum Gasteiger partial charge on any atom is -0.299 e. The number of nitriles is 1. The fourth-order valence-corrected chi connectivity index (χ4v) is 2.82. The molecule has 0 spiro atoms. The molecule has 3 heteroatoms. The van der Waals surface area contributed by atoms with Gasteiger partial charge in [-0.25, -0.2) is 4.39 Å². The third-order valence-electron chi connectivity index (χ3n) is 4.11. The van der Waals surface area contributed by atoms with E-state index in [9.17, 15) is 4.39 Å². The smallest absolute Gasteiger partial charge is 0.145 e. The van der Waals surface area contributed by atoms with Crippen LogP contribution in [0.15, 0.2) is 18.2 Å². The molecule has 102 valence electrons. The quantitative estimate of drug-likeness (QED) is 0.828. The summed E-state index contributed by atoms with van der Waals surface area (Å²) in [6, 6.07) is 7.00. The molecule has 1 aromatic carbocycles. The number of benzene rings is 1. The molecule has 2 nitrogen and oxygen atoms in total. The van der Waals surface area contributed by atoms with Crippen molar-refractivity contribution in [1.29, 1.82) is 5.26 Å². The summed E-state index contributed by atoms with van der Waals surface area (Å²) in [5.41, 5.74) is 0.799. The van der Waals surface area contributed by atoms with E-state index >= 15 is 0 Å². The highest BCUT2D eigenvalue weighted by atomic mass is 19.1. The Kier molecular flexibility index (Phi) is 4.93. The van der Waals surface area contributed by atoms with Crippen LogP contribution in [-0.4, -0.2) is 18.0 Å². The van der Waals surface area contributed by atoms with Gasteiger partial charge in [-0.3, -0.25) is 4.90 Å². The van der Waals surface area contributed by atoms with Crippen molar-refractivity contribution < 1.29 is 4.39 Å². The van der Waals surface area contributed by atoms with Crippen molar-refractivity contribution in [2.45, 2.75) is 39.2 Å². The van der Waals surface area contributed by atoms with Gasteiger partial charge in [0.2, 0.25) is 0 Å². The summed E-state index contributed by atoms with van der Waals surface area (Å²) in [5.74, 6) is 0.474. The van der Waals surface area contributed by atoms with Crippen molar-refractivity contribution in [2.24, 2.45) is 5.92 Å². The van der Waals surface area contributed by atoms with Crippen molar-refractivity contribution in [3.8, 4) is 6.07 Å². The highest BCUT2D eigenvalue weighted by Gasteiger charge is 2.17.